The zero-order valence-electron chi connectivity index (χ0n) is 10.9. The highest BCUT2D eigenvalue weighted by Crippen LogP contribution is 2.28. The SMILES string of the molecule is Cc1ccc(C)c(N2CCN3CCCC3C2)c1. The molecule has 17 heavy (non-hydrogen) atoms. The second kappa shape index (κ2) is 4.34. The van der Waals surface area contributed by atoms with Crippen LogP contribution in [0.5, 0.6) is 0 Å². The largest absolute Gasteiger partial charge is 0.368 e. The van der Waals surface area contributed by atoms with Crippen LogP contribution < -0.4 is 4.90 Å². The molecule has 92 valence electrons. The van der Waals surface area contributed by atoms with Crippen molar-refractivity contribution >= 4 is 5.69 Å². The van der Waals surface area contributed by atoms with Gasteiger partial charge in [0.15, 0.2) is 0 Å². The number of aryl methyl sites for hydroxylation is 2. The Bertz CT molecular complexity index is 413. The van der Waals surface area contributed by atoms with E-state index >= 15 is 0 Å². The summed E-state index contributed by atoms with van der Waals surface area (Å²) in [6, 6.07) is 7.62. The first kappa shape index (κ1) is 11.1. The van der Waals surface area contributed by atoms with Crippen LogP contribution in [-0.2, 0) is 0 Å². The fourth-order valence-electron chi connectivity index (χ4n) is 3.27. The van der Waals surface area contributed by atoms with Gasteiger partial charge >= 0.3 is 0 Å². The quantitative estimate of drug-likeness (QED) is 0.731. The van der Waals surface area contributed by atoms with E-state index in [1.54, 1.807) is 0 Å². The van der Waals surface area contributed by atoms with Crippen LogP contribution in [0.3, 0.4) is 0 Å². The summed E-state index contributed by atoms with van der Waals surface area (Å²) in [5, 5.41) is 0. The molecule has 2 fully saturated rings. The van der Waals surface area contributed by atoms with Crippen molar-refractivity contribution in [1.29, 1.82) is 0 Å². The summed E-state index contributed by atoms with van der Waals surface area (Å²) in [7, 11) is 0. The van der Waals surface area contributed by atoms with Gasteiger partial charge in [-0.25, -0.2) is 0 Å². The zero-order valence-corrected chi connectivity index (χ0v) is 10.9. The van der Waals surface area contributed by atoms with E-state index in [1.807, 2.05) is 0 Å². The maximum Gasteiger partial charge on any atom is 0.0399 e. The van der Waals surface area contributed by atoms with E-state index in [0.717, 1.165) is 6.04 Å². The van der Waals surface area contributed by atoms with Crippen molar-refractivity contribution in [1.82, 2.24) is 4.90 Å². The lowest BCUT2D eigenvalue weighted by Crippen LogP contribution is -2.50. The minimum absolute atomic E-state index is 0.809. The third kappa shape index (κ3) is 2.06. The molecule has 0 aliphatic carbocycles. The number of piperazine rings is 1. The molecule has 0 bridgehead atoms. The number of benzene rings is 1. The molecule has 1 atom stereocenters. The highest BCUT2D eigenvalue weighted by Gasteiger charge is 2.30. The molecule has 2 heterocycles. The number of hydrogen-bond acceptors (Lipinski definition) is 2. The van der Waals surface area contributed by atoms with Gasteiger partial charge in [0.2, 0.25) is 0 Å². The fourth-order valence-corrected chi connectivity index (χ4v) is 3.27. The minimum Gasteiger partial charge on any atom is -0.368 e. The average molecular weight is 230 g/mol. The van der Waals surface area contributed by atoms with Gasteiger partial charge in [-0.1, -0.05) is 12.1 Å². The standard InChI is InChI=1S/C15H22N2/c1-12-5-6-13(2)15(10-12)17-9-8-16-7-3-4-14(16)11-17/h5-6,10,14H,3-4,7-9,11H2,1-2H3. The second-order valence-electron chi connectivity index (χ2n) is 5.57. The monoisotopic (exact) mass is 230 g/mol. The van der Waals surface area contributed by atoms with Crippen LogP contribution in [0.25, 0.3) is 0 Å². The van der Waals surface area contributed by atoms with Crippen molar-refractivity contribution in [3.63, 3.8) is 0 Å². The molecule has 2 saturated heterocycles. The first-order chi connectivity index (χ1) is 8.24. The first-order valence-corrected chi connectivity index (χ1v) is 6.80. The van der Waals surface area contributed by atoms with Gasteiger partial charge in [0, 0.05) is 31.4 Å². The van der Waals surface area contributed by atoms with Crippen LogP contribution in [0.2, 0.25) is 0 Å². The summed E-state index contributed by atoms with van der Waals surface area (Å²) in [6.45, 7) is 9.42. The molecule has 0 spiro atoms. The van der Waals surface area contributed by atoms with Crippen LogP contribution >= 0.6 is 0 Å². The molecule has 1 aromatic carbocycles. The third-order valence-corrected chi connectivity index (χ3v) is 4.29. The Balaban J connectivity index is 1.82. The lowest BCUT2D eigenvalue weighted by Gasteiger charge is -2.39. The van der Waals surface area contributed by atoms with Gasteiger partial charge in [-0.05, 0) is 50.4 Å². The topological polar surface area (TPSA) is 6.48 Å². The van der Waals surface area contributed by atoms with E-state index in [1.165, 1.54) is 55.8 Å². The van der Waals surface area contributed by atoms with E-state index in [2.05, 4.69) is 41.8 Å². The highest BCUT2D eigenvalue weighted by molar-refractivity contribution is 5.55. The second-order valence-corrected chi connectivity index (χ2v) is 5.57. The lowest BCUT2D eigenvalue weighted by molar-refractivity contribution is 0.231. The summed E-state index contributed by atoms with van der Waals surface area (Å²) in [4.78, 5) is 5.26. The third-order valence-electron chi connectivity index (χ3n) is 4.29. The van der Waals surface area contributed by atoms with Gasteiger partial charge in [-0.2, -0.15) is 0 Å². The predicted molar refractivity (Wildman–Crippen MR) is 72.7 cm³/mol. The van der Waals surface area contributed by atoms with E-state index in [-0.39, 0.29) is 0 Å². The summed E-state index contributed by atoms with van der Waals surface area (Å²) < 4.78 is 0. The Hall–Kier alpha value is -1.02. The lowest BCUT2D eigenvalue weighted by atomic mass is 10.1. The van der Waals surface area contributed by atoms with E-state index < -0.39 is 0 Å². The molecule has 1 aromatic rings. The van der Waals surface area contributed by atoms with Crippen LogP contribution in [0, 0.1) is 13.8 Å². The number of nitrogens with zero attached hydrogens (tertiary/aromatic N) is 2. The highest BCUT2D eigenvalue weighted by atomic mass is 15.3. The summed E-state index contributed by atoms with van der Waals surface area (Å²) in [5.41, 5.74) is 4.25. The maximum atomic E-state index is 2.67. The molecule has 0 aromatic heterocycles. The molecular formula is C15H22N2. The fraction of sp³-hybridized carbons (Fsp3) is 0.600. The van der Waals surface area contributed by atoms with Crippen LogP contribution in [0.4, 0.5) is 5.69 Å². The Morgan fingerprint density at radius 3 is 2.88 bits per heavy atom. The molecule has 2 nitrogen and oxygen atoms in total. The molecule has 0 N–H and O–H groups in total. The molecule has 0 amide bonds. The Labute approximate surface area is 104 Å². The van der Waals surface area contributed by atoms with Crippen molar-refractivity contribution in [2.45, 2.75) is 32.7 Å². The number of rotatable bonds is 1. The van der Waals surface area contributed by atoms with Crippen LogP contribution in [-0.4, -0.2) is 37.1 Å². The molecule has 2 aliphatic heterocycles. The smallest absolute Gasteiger partial charge is 0.0399 e. The Kier molecular flexibility index (Phi) is 2.83. The van der Waals surface area contributed by atoms with Gasteiger partial charge in [0.1, 0.15) is 0 Å². The molecule has 0 saturated carbocycles. The van der Waals surface area contributed by atoms with Crippen molar-refractivity contribution in [2.75, 3.05) is 31.1 Å². The van der Waals surface area contributed by atoms with Crippen molar-refractivity contribution in [3.05, 3.63) is 29.3 Å². The number of fused-ring (bicyclic) bond motifs is 1. The number of hydrogen-bond donors (Lipinski definition) is 0. The average Bonchev–Trinajstić information content (AvgIpc) is 2.79. The maximum absolute atomic E-state index is 2.67. The van der Waals surface area contributed by atoms with Gasteiger partial charge < -0.3 is 4.90 Å². The summed E-state index contributed by atoms with van der Waals surface area (Å²) in [5.74, 6) is 0. The molecule has 2 aliphatic rings. The van der Waals surface area contributed by atoms with Gasteiger partial charge in [0.05, 0.1) is 0 Å². The van der Waals surface area contributed by atoms with Crippen molar-refractivity contribution in [2.24, 2.45) is 0 Å². The summed E-state index contributed by atoms with van der Waals surface area (Å²) in [6.07, 6.45) is 2.78. The first-order valence-electron chi connectivity index (χ1n) is 6.80. The van der Waals surface area contributed by atoms with E-state index in [9.17, 15) is 0 Å². The molecule has 2 heteroatoms. The molecule has 0 radical (unpaired) electrons. The van der Waals surface area contributed by atoms with Crippen molar-refractivity contribution < 1.29 is 0 Å². The summed E-state index contributed by atoms with van der Waals surface area (Å²) >= 11 is 0. The number of anilines is 1. The molecule has 3 rings (SSSR count). The zero-order chi connectivity index (χ0) is 11.8. The Morgan fingerprint density at radius 2 is 2.00 bits per heavy atom. The van der Waals surface area contributed by atoms with Gasteiger partial charge in [-0.3, -0.25) is 4.90 Å². The normalized spacial score (nSPS) is 25.1. The van der Waals surface area contributed by atoms with Crippen molar-refractivity contribution in [3.8, 4) is 0 Å². The van der Waals surface area contributed by atoms with E-state index in [0.29, 0.717) is 0 Å². The molecule has 1 unspecified atom stereocenters. The van der Waals surface area contributed by atoms with Gasteiger partial charge in [-0.15, -0.1) is 0 Å². The predicted octanol–water partition coefficient (Wildman–Crippen LogP) is 2.59. The Morgan fingerprint density at radius 1 is 1.12 bits per heavy atom. The van der Waals surface area contributed by atoms with E-state index in [4.69, 9.17) is 0 Å². The minimum atomic E-state index is 0.809. The van der Waals surface area contributed by atoms with Crippen LogP contribution in [0.1, 0.15) is 24.0 Å². The van der Waals surface area contributed by atoms with Gasteiger partial charge in [0.25, 0.3) is 0 Å². The van der Waals surface area contributed by atoms with Crippen LogP contribution in [0.15, 0.2) is 18.2 Å². The molecular weight excluding hydrogens is 208 g/mol.